The quantitative estimate of drug-likeness (QED) is 0.247. The van der Waals surface area contributed by atoms with E-state index in [0.29, 0.717) is 24.5 Å². The first-order valence-corrected chi connectivity index (χ1v) is 6.62. The lowest BCUT2D eigenvalue weighted by molar-refractivity contribution is -0.117. The van der Waals surface area contributed by atoms with Crippen molar-refractivity contribution >= 4 is 23.2 Å². The molecule has 0 fully saturated rings. The molecule has 0 saturated heterocycles. The van der Waals surface area contributed by atoms with Gasteiger partial charge in [-0.3, -0.25) is 4.79 Å². The second-order valence-electron chi connectivity index (χ2n) is 4.13. The maximum absolute atomic E-state index is 11.7. The van der Waals surface area contributed by atoms with E-state index in [1.807, 2.05) is 6.92 Å². The van der Waals surface area contributed by atoms with Crippen LogP contribution in [0.1, 0.15) is 12.0 Å². The molecule has 6 heteroatoms. The van der Waals surface area contributed by atoms with E-state index >= 15 is 0 Å². The van der Waals surface area contributed by atoms with Gasteiger partial charge in [0.05, 0.1) is 5.69 Å². The number of aromatic hydroxyl groups is 1. The van der Waals surface area contributed by atoms with Crippen molar-refractivity contribution < 1.29 is 9.90 Å². The van der Waals surface area contributed by atoms with Gasteiger partial charge in [0.2, 0.25) is 0 Å². The second kappa shape index (κ2) is 8.08. The molecular formula is C14H16ClN3O2. The lowest BCUT2D eigenvalue weighted by Gasteiger charge is -2.06. The lowest BCUT2D eigenvalue weighted by Crippen LogP contribution is -2.26. The summed E-state index contributed by atoms with van der Waals surface area (Å²) in [5.74, 6) is 0.0188. The fraction of sp³-hybridized carbons (Fsp3) is 0.286. The molecule has 1 aromatic carbocycles. The third-order valence-electron chi connectivity index (χ3n) is 2.49. The number of nitrogens with one attached hydrogen (secondary N) is 2. The summed E-state index contributed by atoms with van der Waals surface area (Å²) in [6, 6.07) is 6.82. The van der Waals surface area contributed by atoms with Crippen molar-refractivity contribution in [2.45, 2.75) is 13.3 Å². The zero-order valence-corrected chi connectivity index (χ0v) is 11.9. The summed E-state index contributed by atoms with van der Waals surface area (Å²) in [5, 5.41) is 23.9. The summed E-state index contributed by atoms with van der Waals surface area (Å²) in [5.41, 5.74) is 1.32. The molecule has 1 amide bonds. The Morgan fingerprint density at radius 1 is 1.55 bits per heavy atom. The average Bonchev–Trinajstić information content (AvgIpc) is 2.43. The van der Waals surface area contributed by atoms with Crippen LogP contribution in [-0.2, 0) is 4.79 Å². The number of amides is 1. The zero-order chi connectivity index (χ0) is 15.0. The number of benzene rings is 1. The predicted octanol–water partition coefficient (Wildman–Crippen LogP) is 2.27. The number of aryl methyl sites for hydroxylation is 1. The number of phenols is 1. The first-order chi connectivity index (χ1) is 9.58. The van der Waals surface area contributed by atoms with Gasteiger partial charge in [-0.15, -0.1) is 11.6 Å². The van der Waals surface area contributed by atoms with Crippen molar-refractivity contribution in [1.82, 2.24) is 5.32 Å². The monoisotopic (exact) mass is 293 g/mol. The zero-order valence-electron chi connectivity index (χ0n) is 11.1. The summed E-state index contributed by atoms with van der Waals surface area (Å²) in [6.07, 6.45) is 1.91. The largest absolute Gasteiger partial charge is 0.506 e. The minimum atomic E-state index is -0.475. The minimum Gasteiger partial charge on any atom is -0.506 e. The molecule has 0 unspecified atom stereocenters. The predicted molar refractivity (Wildman–Crippen MR) is 78.5 cm³/mol. The standard InChI is InChI=1S/C14H16ClN3O2/c1-10-3-4-13(19)12(7-10)18-9-11(8-16)14(20)17-6-2-5-15/h3-4,7,9,18-19H,2,5-6H2,1H3,(H,17,20)/b11-9-. The van der Waals surface area contributed by atoms with Crippen LogP contribution in [0.5, 0.6) is 5.75 Å². The van der Waals surface area contributed by atoms with Gasteiger partial charge < -0.3 is 15.7 Å². The van der Waals surface area contributed by atoms with Crippen molar-refractivity contribution in [1.29, 1.82) is 5.26 Å². The molecule has 0 heterocycles. The van der Waals surface area contributed by atoms with Crippen molar-refractivity contribution in [2.75, 3.05) is 17.7 Å². The molecule has 0 aromatic heterocycles. The fourth-order valence-electron chi connectivity index (χ4n) is 1.43. The Labute approximate surface area is 122 Å². The van der Waals surface area contributed by atoms with E-state index in [1.54, 1.807) is 18.2 Å². The number of carbonyl (C=O) groups is 1. The highest BCUT2D eigenvalue weighted by atomic mass is 35.5. The molecule has 0 spiro atoms. The van der Waals surface area contributed by atoms with Crippen molar-refractivity contribution in [2.24, 2.45) is 0 Å². The number of alkyl halides is 1. The van der Waals surface area contributed by atoms with E-state index in [9.17, 15) is 9.90 Å². The third-order valence-corrected chi connectivity index (χ3v) is 2.75. The van der Waals surface area contributed by atoms with Gasteiger partial charge in [-0.25, -0.2) is 0 Å². The molecule has 0 bridgehead atoms. The smallest absolute Gasteiger partial charge is 0.263 e. The summed E-state index contributed by atoms with van der Waals surface area (Å²) >= 11 is 5.50. The van der Waals surface area contributed by atoms with Crippen LogP contribution in [0.25, 0.3) is 0 Å². The van der Waals surface area contributed by atoms with Gasteiger partial charge in [0, 0.05) is 18.6 Å². The SMILES string of the molecule is Cc1ccc(O)c(N/C=C(/C#N)C(=O)NCCCCl)c1. The molecule has 1 rings (SSSR count). The van der Waals surface area contributed by atoms with E-state index in [4.69, 9.17) is 16.9 Å². The third kappa shape index (κ3) is 4.82. The highest BCUT2D eigenvalue weighted by molar-refractivity contribution is 6.17. The summed E-state index contributed by atoms with van der Waals surface area (Å²) in [4.78, 5) is 11.7. The molecule has 0 aliphatic heterocycles. The number of nitriles is 1. The van der Waals surface area contributed by atoms with Crippen LogP contribution < -0.4 is 10.6 Å². The molecule has 20 heavy (non-hydrogen) atoms. The highest BCUT2D eigenvalue weighted by Gasteiger charge is 2.08. The van der Waals surface area contributed by atoms with Gasteiger partial charge in [-0.05, 0) is 31.0 Å². The van der Waals surface area contributed by atoms with Gasteiger partial charge >= 0.3 is 0 Å². The Kier molecular flexibility index (Phi) is 6.41. The molecule has 3 N–H and O–H groups in total. The molecule has 5 nitrogen and oxygen atoms in total. The summed E-state index contributed by atoms with van der Waals surface area (Å²) in [7, 11) is 0. The normalized spacial score (nSPS) is 10.8. The Morgan fingerprint density at radius 3 is 2.95 bits per heavy atom. The minimum absolute atomic E-state index is 0.0479. The lowest BCUT2D eigenvalue weighted by atomic mass is 10.2. The van der Waals surface area contributed by atoms with Gasteiger partial charge in [0.25, 0.3) is 5.91 Å². The molecule has 0 radical (unpaired) electrons. The second-order valence-corrected chi connectivity index (χ2v) is 4.51. The Bertz CT molecular complexity index is 550. The molecule has 106 valence electrons. The Morgan fingerprint density at radius 2 is 2.30 bits per heavy atom. The maximum atomic E-state index is 11.7. The number of rotatable bonds is 6. The van der Waals surface area contributed by atoms with Gasteiger partial charge in [0.15, 0.2) is 0 Å². The van der Waals surface area contributed by atoms with Crippen molar-refractivity contribution in [3.05, 3.63) is 35.5 Å². The number of halogens is 1. The number of nitrogens with zero attached hydrogens (tertiary/aromatic N) is 1. The van der Waals surface area contributed by atoms with E-state index < -0.39 is 5.91 Å². The van der Waals surface area contributed by atoms with Gasteiger partial charge in [-0.2, -0.15) is 5.26 Å². The van der Waals surface area contributed by atoms with Crippen LogP contribution in [-0.4, -0.2) is 23.4 Å². The molecule has 0 saturated carbocycles. The molecule has 0 aliphatic carbocycles. The van der Waals surface area contributed by atoms with E-state index in [0.717, 1.165) is 5.56 Å². The van der Waals surface area contributed by atoms with Crippen LogP contribution in [0, 0.1) is 18.3 Å². The van der Waals surface area contributed by atoms with Crippen LogP contribution in [0.3, 0.4) is 0 Å². The number of hydrogen-bond donors (Lipinski definition) is 3. The Hall–Kier alpha value is -2.19. The molecule has 1 aromatic rings. The van der Waals surface area contributed by atoms with Crippen LogP contribution in [0.4, 0.5) is 5.69 Å². The van der Waals surface area contributed by atoms with Crippen LogP contribution >= 0.6 is 11.6 Å². The van der Waals surface area contributed by atoms with Crippen molar-refractivity contribution in [3.63, 3.8) is 0 Å². The van der Waals surface area contributed by atoms with E-state index in [-0.39, 0.29) is 11.3 Å². The summed E-state index contributed by atoms with van der Waals surface area (Å²) < 4.78 is 0. The van der Waals surface area contributed by atoms with Gasteiger partial charge in [0.1, 0.15) is 17.4 Å². The van der Waals surface area contributed by atoms with Crippen LogP contribution in [0.15, 0.2) is 30.0 Å². The number of carbonyl (C=O) groups excluding carboxylic acids is 1. The van der Waals surface area contributed by atoms with Crippen LogP contribution in [0.2, 0.25) is 0 Å². The number of hydrogen-bond acceptors (Lipinski definition) is 4. The molecule has 0 aliphatic rings. The number of anilines is 1. The first kappa shape index (κ1) is 15.9. The average molecular weight is 294 g/mol. The molecule has 0 atom stereocenters. The van der Waals surface area contributed by atoms with E-state index in [1.165, 1.54) is 12.3 Å². The van der Waals surface area contributed by atoms with Gasteiger partial charge in [-0.1, -0.05) is 6.07 Å². The molecular weight excluding hydrogens is 278 g/mol. The number of phenolic OH excluding ortho intramolecular Hbond substituents is 1. The maximum Gasteiger partial charge on any atom is 0.263 e. The van der Waals surface area contributed by atoms with Crippen molar-refractivity contribution in [3.8, 4) is 11.8 Å². The highest BCUT2D eigenvalue weighted by Crippen LogP contribution is 2.23. The fourth-order valence-corrected chi connectivity index (χ4v) is 1.56. The van der Waals surface area contributed by atoms with E-state index in [2.05, 4.69) is 10.6 Å². The first-order valence-electron chi connectivity index (χ1n) is 6.09. The summed E-state index contributed by atoms with van der Waals surface area (Å²) in [6.45, 7) is 2.29. The topological polar surface area (TPSA) is 85.2 Å². The Balaban J connectivity index is 2.73.